The highest BCUT2D eigenvalue weighted by molar-refractivity contribution is 7.16. The molecule has 0 amide bonds. The fourth-order valence-corrected chi connectivity index (χ4v) is 2.70. The molecule has 0 radical (unpaired) electrons. The number of rotatable bonds is 0. The summed E-state index contributed by atoms with van der Waals surface area (Å²) in [5, 5.41) is 4.08. The van der Waals surface area contributed by atoms with Crippen LogP contribution in [0.15, 0.2) is 18.5 Å². The predicted octanol–water partition coefficient (Wildman–Crippen LogP) is 3.83. The van der Waals surface area contributed by atoms with Crippen LogP contribution in [0.5, 0.6) is 0 Å². The summed E-state index contributed by atoms with van der Waals surface area (Å²) < 4.78 is 2.50. The maximum atomic E-state index is 6.22. The van der Waals surface area contributed by atoms with Crippen LogP contribution in [0, 0.1) is 11.8 Å². The summed E-state index contributed by atoms with van der Waals surface area (Å²) in [6, 6.07) is 2.08. The molecule has 0 spiro atoms. The Morgan fingerprint density at radius 2 is 2.06 bits per heavy atom. The second-order valence-electron chi connectivity index (χ2n) is 5.20. The van der Waals surface area contributed by atoms with Crippen LogP contribution in [0.4, 0.5) is 0 Å². The van der Waals surface area contributed by atoms with Gasteiger partial charge in [0, 0.05) is 18.1 Å². The Morgan fingerprint density at radius 1 is 1.33 bits per heavy atom. The first-order valence-electron chi connectivity index (χ1n) is 5.67. The number of hydrogen-bond donors (Lipinski definition) is 0. The van der Waals surface area contributed by atoms with Crippen molar-refractivity contribution in [3.63, 3.8) is 0 Å². The van der Waals surface area contributed by atoms with Crippen LogP contribution >= 0.6 is 22.9 Å². The zero-order chi connectivity index (χ0) is 13.3. The summed E-state index contributed by atoms with van der Waals surface area (Å²) in [5.74, 6) is 6.19. The lowest BCUT2D eigenvalue weighted by atomic mass is 9.94. The molecule has 2 heterocycles. The minimum absolute atomic E-state index is 0.114. The van der Waals surface area contributed by atoms with Crippen LogP contribution < -0.4 is 0 Å². The quantitative estimate of drug-likeness (QED) is 0.670. The fourth-order valence-electron chi connectivity index (χ4n) is 1.45. The Hall–Kier alpha value is -1.24. The van der Waals surface area contributed by atoms with E-state index >= 15 is 0 Å². The molecular formula is C14H15ClN2S. The molecule has 0 N–H and O–H groups in total. The SMILES string of the molecule is Cn1cc(C#Cc2cc(C(C)(C)C)sc2Cl)cn1. The third-order valence-corrected chi connectivity index (χ3v) is 4.26. The van der Waals surface area contributed by atoms with Crippen LogP contribution in [0.2, 0.25) is 4.34 Å². The van der Waals surface area contributed by atoms with E-state index < -0.39 is 0 Å². The average Bonchev–Trinajstić information content (AvgIpc) is 2.81. The molecule has 4 heteroatoms. The van der Waals surface area contributed by atoms with Gasteiger partial charge in [0.05, 0.1) is 17.3 Å². The van der Waals surface area contributed by atoms with Crippen LogP contribution in [-0.2, 0) is 12.5 Å². The summed E-state index contributed by atoms with van der Waals surface area (Å²) in [6.07, 6.45) is 3.63. The molecule has 2 nitrogen and oxygen atoms in total. The van der Waals surface area contributed by atoms with Crippen LogP contribution in [-0.4, -0.2) is 9.78 Å². The molecule has 2 rings (SSSR count). The lowest BCUT2D eigenvalue weighted by Crippen LogP contribution is -2.07. The second kappa shape index (κ2) is 4.79. The van der Waals surface area contributed by atoms with Crippen LogP contribution in [0.25, 0.3) is 0 Å². The predicted molar refractivity (Wildman–Crippen MR) is 77.2 cm³/mol. The molecule has 0 bridgehead atoms. The molecule has 0 aliphatic heterocycles. The van der Waals surface area contributed by atoms with Crippen molar-refractivity contribution in [3.05, 3.63) is 38.8 Å². The highest BCUT2D eigenvalue weighted by Crippen LogP contribution is 2.35. The first-order valence-corrected chi connectivity index (χ1v) is 6.86. The van der Waals surface area contributed by atoms with E-state index in [1.54, 1.807) is 22.2 Å². The standard InChI is InChI=1S/C14H15ClN2S/c1-14(2,3)12-7-11(13(15)18-12)6-5-10-8-16-17(4)9-10/h7-9H,1-4H3. The van der Waals surface area contributed by atoms with Crippen molar-refractivity contribution in [1.82, 2.24) is 9.78 Å². The van der Waals surface area contributed by atoms with Gasteiger partial charge in [-0.2, -0.15) is 5.10 Å². The Morgan fingerprint density at radius 3 is 2.56 bits per heavy atom. The second-order valence-corrected chi connectivity index (χ2v) is 6.85. The molecule has 0 fully saturated rings. The largest absolute Gasteiger partial charge is 0.275 e. The van der Waals surface area contributed by atoms with Gasteiger partial charge in [0.2, 0.25) is 0 Å². The maximum Gasteiger partial charge on any atom is 0.109 e. The van der Waals surface area contributed by atoms with Gasteiger partial charge in [-0.05, 0) is 11.5 Å². The summed E-state index contributed by atoms with van der Waals surface area (Å²) >= 11 is 7.82. The summed E-state index contributed by atoms with van der Waals surface area (Å²) in [6.45, 7) is 6.52. The first kappa shape index (κ1) is 13.2. The number of aryl methyl sites for hydroxylation is 1. The molecule has 0 unspecified atom stereocenters. The van der Waals surface area contributed by atoms with Gasteiger partial charge >= 0.3 is 0 Å². The molecule has 2 aromatic rings. The van der Waals surface area contributed by atoms with Crippen LogP contribution in [0.1, 0.15) is 36.8 Å². The molecule has 0 aromatic carbocycles. The summed E-state index contributed by atoms with van der Waals surface area (Å²) in [4.78, 5) is 1.25. The molecule has 94 valence electrons. The molecular weight excluding hydrogens is 264 g/mol. The molecule has 0 saturated carbocycles. The Labute approximate surface area is 117 Å². The Balaban J connectivity index is 2.31. The van der Waals surface area contributed by atoms with Gasteiger partial charge in [-0.25, -0.2) is 0 Å². The fraction of sp³-hybridized carbons (Fsp3) is 0.357. The van der Waals surface area contributed by atoms with Crippen LogP contribution in [0.3, 0.4) is 0 Å². The normalized spacial score (nSPS) is 11.2. The minimum atomic E-state index is 0.114. The number of aromatic nitrogens is 2. The van der Waals surface area contributed by atoms with Gasteiger partial charge in [-0.1, -0.05) is 44.2 Å². The van der Waals surface area contributed by atoms with Crippen molar-refractivity contribution in [3.8, 4) is 11.8 Å². The Kier molecular flexibility index (Phi) is 3.52. The van der Waals surface area contributed by atoms with Crippen molar-refractivity contribution in [2.45, 2.75) is 26.2 Å². The van der Waals surface area contributed by atoms with E-state index in [2.05, 4.69) is 43.8 Å². The van der Waals surface area contributed by atoms with Crippen molar-refractivity contribution in [1.29, 1.82) is 0 Å². The summed E-state index contributed by atoms with van der Waals surface area (Å²) in [7, 11) is 1.88. The van der Waals surface area contributed by atoms with E-state index in [0.717, 1.165) is 15.5 Å². The maximum absolute atomic E-state index is 6.22. The van der Waals surface area contributed by atoms with E-state index in [4.69, 9.17) is 11.6 Å². The lowest BCUT2D eigenvalue weighted by molar-refractivity contribution is 0.604. The van der Waals surface area contributed by atoms with Crippen molar-refractivity contribution >= 4 is 22.9 Å². The van der Waals surface area contributed by atoms with E-state index in [1.165, 1.54) is 4.88 Å². The van der Waals surface area contributed by atoms with E-state index in [9.17, 15) is 0 Å². The van der Waals surface area contributed by atoms with Gasteiger partial charge in [0.15, 0.2) is 0 Å². The zero-order valence-corrected chi connectivity index (χ0v) is 12.5. The monoisotopic (exact) mass is 278 g/mol. The van der Waals surface area contributed by atoms with Gasteiger partial charge in [-0.3, -0.25) is 4.68 Å². The minimum Gasteiger partial charge on any atom is -0.275 e. The molecule has 0 atom stereocenters. The molecule has 0 aliphatic carbocycles. The van der Waals surface area contributed by atoms with Gasteiger partial charge in [0.1, 0.15) is 4.34 Å². The molecule has 18 heavy (non-hydrogen) atoms. The van der Waals surface area contributed by atoms with E-state index in [-0.39, 0.29) is 5.41 Å². The van der Waals surface area contributed by atoms with Crippen molar-refractivity contribution < 1.29 is 0 Å². The van der Waals surface area contributed by atoms with E-state index in [1.807, 2.05) is 13.2 Å². The van der Waals surface area contributed by atoms with Crippen molar-refractivity contribution in [2.75, 3.05) is 0 Å². The lowest BCUT2D eigenvalue weighted by Gasteiger charge is -2.14. The number of thiophene rings is 1. The first-order chi connectivity index (χ1) is 8.36. The van der Waals surface area contributed by atoms with Gasteiger partial charge in [0.25, 0.3) is 0 Å². The van der Waals surface area contributed by atoms with Gasteiger partial charge < -0.3 is 0 Å². The van der Waals surface area contributed by atoms with Crippen molar-refractivity contribution in [2.24, 2.45) is 7.05 Å². The third kappa shape index (κ3) is 2.95. The zero-order valence-electron chi connectivity index (χ0n) is 10.9. The third-order valence-electron chi connectivity index (χ3n) is 2.47. The molecule has 2 aromatic heterocycles. The topological polar surface area (TPSA) is 17.8 Å². The number of halogens is 1. The van der Waals surface area contributed by atoms with Gasteiger partial charge in [-0.15, -0.1) is 11.3 Å². The smallest absolute Gasteiger partial charge is 0.109 e. The molecule has 0 saturated heterocycles. The molecule has 0 aliphatic rings. The average molecular weight is 279 g/mol. The Bertz CT molecular complexity index is 620. The van der Waals surface area contributed by atoms with E-state index in [0.29, 0.717) is 0 Å². The number of nitrogens with zero attached hydrogens (tertiary/aromatic N) is 2. The highest BCUT2D eigenvalue weighted by Gasteiger charge is 2.18. The highest BCUT2D eigenvalue weighted by atomic mass is 35.5. The summed E-state index contributed by atoms with van der Waals surface area (Å²) in [5.41, 5.74) is 1.91. The number of hydrogen-bond acceptors (Lipinski definition) is 2.